The van der Waals surface area contributed by atoms with Crippen molar-refractivity contribution in [1.29, 1.82) is 0 Å². The van der Waals surface area contributed by atoms with Gasteiger partial charge < -0.3 is 0 Å². The molecule has 1 unspecified atom stereocenters. The fraction of sp³-hybridized carbons (Fsp3) is 0.571. The second-order valence-electron chi connectivity index (χ2n) is 4.11. The molecule has 1 atom stereocenters. The third-order valence-corrected chi connectivity index (χ3v) is 3.95. The van der Waals surface area contributed by atoms with Crippen molar-refractivity contribution in [3.8, 4) is 5.75 Å². The van der Waals surface area contributed by atoms with Gasteiger partial charge in [0.25, 0.3) is 0 Å². The van der Waals surface area contributed by atoms with Gasteiger partial charge in [0.2, 0.25) is 0 Å². The molecule has 0 radical (unpaired) electrons. The van der Waals surface area contributed by atoms with Crippen LogP contribution in [-0.2, 0) is 0 Å². The fourth-order valence-corrected chi connectivity index (χ4v) is 2.69. The van der Waals surface area contributed by atoms with Gasteiger partial charge >= 0.3 is 107 Å². The van der Waals surface area contributed by atoms with Crippen LogP contribution in [-0.4, -0.2) is 23.1 Å². The van der Waals surface area contributed by atoms with E-state index in [1.807, 2.05) is 12.1 Å². The fourth-order valence-electron chi connectivity index (χ4n) is 1.86. The van der Waals surface area contributed by atoms with Gasteiger partial charge in [-0.05, 0) is 0 Å². The summed E-state index contributed by atoms with van der Waals surface area (Å²) in [6.45, 7) is 2.25. The number of rotatable bonds is 7. The van der Waals surface area contributed by atoms with Crippen LogP contribution < -0.4 is 4.74 Å². The van der Waals surface area contributed by atoms with Crippen molar-refractivity contribution in [1.82, 2.24) is 0 Å². The van der Waals surface area contributed by atoms with Crippen molar-refractivity contribution < 1.29 is 4.74 Å². The molecule has 1 nitrogen and oxygen atoms in total. The quantitative estimate of drug-likeness (QED) is 0.549. The van der Waals surface area contributed by atoms with Crippen molar-refractivity contribution in [2.75, 3.05) is 7.11 Å². The molecule has 0 amide bonds. The molecule has 16 heavy (non-hydrogen) atoms. The molecule has 0 aliphatic carbocycles. The monoisotopic (exact) mass is 286 g/mol. The second kappa shape index (κ2) is 7.75. The molecule has 0 heterocycles. The van der Waals surface area contributed by atoms with Crippen LogP contribution in [0.1, 0.15) is 49.4 Å². The first kappa shape index (κ1) is 13.6. The number of hydrogen-bond donors (Lipinski definition) is 0. The van der Waals surface area contributed by atoms with E-state index in [-0.39, 0.29) is 0 Å². The number of para-hydroxylation sites is 1. The zero-order valence-corrected chi connectivity index (χ0v) is 12.2. The average Bonchev–Trinajstić information content (AvgIpc) is 2.34. The molecule has 90 valence electrons. The summed E-state index contributed by atoms with van der Waals surface area (Å²) in [5, 5.41) is 0. The number of ether oxygens (including phenoxy) is 1. The van der Waals surface area contributed by atoms with E-state index in [1.165, 1.54) is 37.7 Å². The maximum atomic E-state index is 5.38. The Labute approximate surface area is 107 Å². The summed E-state index contributed by atoms with van der Waals surface area (Å²) in [6.07, 6.45) is 6.55. The topological polar surface area (TPSA) is 9.23 Å². The van der Waals surface area contributed by atoms with E-state index >= 15 is 0 Å². The van der Waals surface area contributed by atoms with Crippen molar-refractivity contribution in [3.05, 3.63) is 29.8 Å². The summed E-state index contributed by atoms with van der Waals surface area (Å²) in [6, 6.07) is 8.33. The molecule has 0 aliphatic rings. The normalized spacial score (nSPS) is 12.4. The third kappa shape index (κ3) is 4.19. The Morgan fingerprint density at radius 2 is 1.94 bits per heavy atom. The van der Waals surface area contributed by atoms with Crippen LogP contribution in [0.15, 0.2) is 24.3 Å². The molecular formula is C14H22OSe. The summed E-state index contributed by atoms with van der Waals surface area (Å²) in [5.41, 5.74) is 1.32. The second-order valence-corrected chi connectivity index (χ2v) is 5.41. The van der Waals surface area contributed by atoms with Gasteiger partial charge in [-0.15, -0.1) is 0 Å². The molecule has 0 spiro atoms. The Balaban J connectivity index is 2.48. The van der Waals surface area contributed by atoms with Gasteiger partial charge in [-0.2, -0.15) is 0 Å². The molecule has 1 rings (SSSR count). The van der Waals surface area contributed by atoms with Gasteiger partial charge in [0.15, 0.2) is 0 Å². The molecule has 0 bridgehead atoms. The maximum absolute atomic E-state index is 5.38. The molecule has 0 aliphatic heterocycles. The van der Waals surface area contributed by atoms with Crippen molar-refractivity contribution in [3.63, 3.8) is 0 Å². The van der Waals surface area contributed by atoms with E-state index in [0.717, 1.165) is 5.75 Å². The summed E-state index contributed by atoms with van der Waals surface area (Å²) >= 11 is 2.78. The SMILES string of the molecule is CCCCCCC([SeH])c1ccccc1OC. The van der Waals surface area contributed by atoms with Gasteiger partial charge in [0.05, 0.1) is 0 Å². The average molecular weight is 285 g/mol. The molecule has 0 saturated heterocycles. The Morgan fingerprint density at radius 1 is 1.19 bits per heavy atom. The zero-order valence-electron chi connectivity index (χ0n) is 10.3. The molecule has 0 saturated carbocycles. The van der Waals surface area contributed by atoms with Gasteiger partial charge in [-0.25, -0.2) is 0 Å². The van der Waals surface area contributed by atoms with E-state index < -0.39 is 0 Å². The van der Waals surface area contributed by atoms with Crippen LogP contribution in [0, 0.1) is 0 Å². The molecule has 1 aromatic rings. The van der Waals surface area contributed by atoms with Gasteiger partial charge in [0.1, 0.15) is 0 Å². The summed E-state index contributed by atoms with van der Waals surface area (Å²) in [5.74, 6) is 1.02. The number of unbranched alkanes of at least 4 members (excludes halogenated alkanes) is 3. The van der Waals surface area contributed by atoms with E-state index in [0.29, 0.717) is 4.82 Å². The van der Waals surface area contributed by atoms with E-state index in [1.54, 1.807) is 7.11 Å². The van der Waals surface area contributed by atoms with Crippen LogP contribution in [0.3, 0.4) is 0 Å². The van der Waals surface area contributed by atoms with E-state index in [4.69, 9.17) is 4.74 Å². The van der Waals surface area contributed by atoms with Gasteiger partial charge in [-0.3, -0.25) is 0 Å². The minimum atomic E-state index is 0.542. The number of hydrogen-bond acceptors (Lipinski definition) is 1. The van der Waals surface area contributed by atoms with Crippen molar-refractivity contribution in [2.45, 2.75) is 43.8 Å². The van der Waals surface area contributed by atoms with Crippen LogP contribution >= 0.6 is 0 Å². The number of benzene rings is 1. The van der Waals surface area contributed by atoms with Crippen molar-refractivity contribution in [2.24, 2.45) is 0 Å². The molecule has 0 N–H and O–H groups in total. The summed E-state index contributed by atoms with van der Waals surface area (Å²) < 4.78 is 5.38. The predicted molar refractivity (Wildman–Crippen MR) is 71.6 cm³/mol. The van der Waals surface area contributed by atoms with Crippen molar-refractivity contribution >= 4 is 16.0 Å². The molecular weight excluding hydrogens is 263 g/mol. The molecule has 1 aromatic carbocycles. The number of methoxy groups -OCH3 is 1. The summed E-state index contributed by atoms with van der Waals surface area (Å²) in [7, 11) is 1.75. The van der Waals surface area contributed by atoms with Crippen LogP contribution in [0.5, 0.6) is 5.75 Å². The Morgan fingerprint density at radius 3 is 2.62 bits per heavy atom. The first-order valence-electron chi connectivity index (χ1n) is 6.10. The molecule has 0 fully saturated rings. The standard InChI is InChI=1S/C14H22OSe/c1-3-4-5-6-11-14(16)12-9-7-8-10-13(12)15-2/h7-10,14,16H,3-6,11H2,1-2H3. The Kier molecular flexibility index (Phi) is 6.59. The zero-order chi connectivity index (χ0) is 11.8. The first-order chi connectivity index (χ1) is 7.79. The minimum absolute atomic E-state index is 0.542. The van der Waals surface area contributed by atoms with Crippen LogP contribution in [0.25, 0.3) is 0 Å². The van der Waals surface area contributed by atoms with E-state index in [2.05, 4.69) is 35.1 Å². The molecule has 2 heteroatoms. The summed E-state index contributed by atoms with van der Waals surface area (Å²) in [4.78, 5) is 0.542. The van der Waals surface area contributed by atoms with Crippen LogP contribution in [0.4, 0.5) is 0 Å². The van der Waals surface area contributed by atoms with Crippen LogP contribution in [0.2, 0.25) is 0 Å². The first-order valence-corrected chi connectivity index (χ1v) is 7.19. The van der Waals surface area contributed by atoms with Gasteiger partial charge in [0, 0.05) is 0 Å². The third-order valence-electron chi connectivity index (χ3n) is 2.83. The molecule has 0 aromatic heterocycles. The van der Waals surface area contributed by atoms with E-state index in [9.17, 15) is 0 Å². The van der Waals surface area contributed by atoms with Gasteiger partial charge in [-0.1, -0.05) is 0 Å². The Hall–Kier alpha value is -0.461. The Bertz CT molecular complexity index is 299. The predicted octanol–water partition coefficient (Wildman–Crippen LogP) is 3.61.